The van der Waals surface area contributed by atoms with E-state index in [1.54, 1.807) is 7.11 Å². The van der Waals surface area contributed by atoms with Crippen molar-refractivity contribution in [2.45, 2.75) is 12.5 Å². The molecule has 1 saturated heterocycles. The molecular weight excluding hydrogens is 340 g/mol. The Morgan fingerprint density at radius 1 is 1.19 bits per heavy atom. The summed E-state index contributed by atoms with van der Waals surface area (Å²) < 4.78 is 5.20. The van der Waals surface area contributed by atoms with Crippen LogP contribution in [0.25, 0.3) is 11.3 Å². The molecule has 0 aliphatic carbocycles. The average Bonchev–Trinajstić information content (AvgIpc) is 3.38. The minimum Gasteiger partial charge on any atom is -0.497 e. The fourth-order valence-corrected chi connectivity index (χ4v) is 3.34. The van der Waals surface area contributed by atoms with Crippen molar-refractivity contribution in [1.29, 1.82) is 0 Å². The van der Waals surface area contributed by atoms with Gasteiger partial charge in [-0.05, 0) is 48.4 Å². The van der Waals surface area contributed by atoms with Crippen molar-refractivity contribution in [2.75, 3.05) is 25.1 Å². The van der Waals surface area contributed by atoms with Gasteiger partial charge >= 0.3 is 0 Å². The van der Waals surface area contributed by atoms with E-state index >= 15 is 0 Å². The van der Waals surface area contributed by atoms with E-state index in [1.165, 1.54) is 0 Å². The lowest BCUT2D eigenvalue weighted by atomic mass is 10.1. The number of carbonyl (C=O) groups excluding carboxylic acids is 1. The second-order valence-electron chi connectivity index (χ2n) is 6.64. The third kappa shape index (κ3) is 3.79. The largest absolute Gasteiger partial charge is 0.497 e. The zero-order chi connectivity index (χ0) is 18.6. The molecular formula is C21H22N4O2. The summed E-state index contributed by atoms with van der Waals surface area (Å²) in [5, 5.41) is 10.7. The van der Waals surface area contributed by atoms with Crippen molar-refractivity contribution in [1.82, 2.24) is 15.5 Å². The number of methoxy groups -OCH3 is 1. The van der Waals surface area contributed by atoms with Crippen molar-refractivity contribution in [2.24, 2.45) is 0 Å². The van der Waals surface area contributed by atoms with Crippen LogP contribution in [0.2, 0.25) is 0 Å². The summed E-state index contributed by atoms with van der Waals surface area (Å²) >= 11 is 0. The Hall–Kier alpha value is -3.28. The van der Waals surface area contributed by atoms with Gasteiger partial charge in [-0.2, -0.15) is 5.10 Å². The van der Waals surface area contributed by atoms with Crippen LogP contribution in [0.4, 0.5) is 5.82 Å². The number of carbonyl (C=O) groups is 1. The maximum Gasteiger partial charge on any atom is 0.251 e. The molecule has 0 radical (unpaired) electrons. The predicted octanol–water partition coefficient (Wildman–Crippen LogP) is 3.09. The Morgan fingerprint density at radius 3 is 2.70 bits per heavy atom. The van der Waals surface area contributed by atoms with Crippen LogP contribution in [0.15, 0.2) is 60.7 Å². The van der Waals surface area contributed by atoms with Crippen molar-refractivity contribution in [3.8, 4) is 17.0 Å². The summed E-state index contributed by atoms with van der Waals surface area (Å²) in [4.78, 5) is 14.5. The number of amides is 1. The number of H-pyrrole nitrogens is 1. The highest BCUT2D eigenvalue weighted by Crippen LogP contribution is 2.26. The van der Waals surface area contributed by atoms with Crippen LogP contribution >= 0.6 is 0 Å². The van der Waals surface area contributed by atoms with E-state index in [0.29, 0.717) is 5.56 Å². The number of aromatic amines is 1. The van der Waals surface area contributed by atoms with Crippen LogP contribution in [-0.4, -0.2) is 42.3 Å². The number of hydrogen-bond acceptors (Lipinski definition) is 4. The molecule has 1 aromatic heterocycles. The zero-order valence-corrected chi connectivity index (χ0v) is 15.2. The smallest absolute Gasteiger partial charge is 0.251 e. The predicted molar refractivity (Wildman–Crippen MR) is 105 cm³/mol. The molecule has 0 bridgehead atoms. The first kappa shape index (κ1) is 17.1. The van der Waals surface area contributed by atoms with Gasteiger partial charge in [-0.25, -0.2) is 0 Å². The van der Waals surface area contributed by atoms with Gasteiger partial charge in [0, 0.05) is 30.8 Å². The van der Waals surface area contributed by atoms with E-state index in [9.17, 15) is 4.79 Å². The van der Waals surface area contributed by atoms with Crippen LogP contribution in [0.3, 0.4) is 0 Å². The molecule has 1 aliphatic heterocycles. The topological polar surface area (TPSA) is 70.2 Å². The number of benzene rings is 2. The van der Waals surface area contributed by atoms with Crippen molar-refractivity contribution in [3.63, 3.8) is 0 Å². The van der Waals surface area contributed by atoms with E-state index in [-0.39, 0.29) is 11.9 Å². The lowest BCUT2D eigenvalue weighted by Gasteiger charge is -2.16. The highest BCUT2D eigenvalue weighted by atomic mass is 16.5. The molecule has 4 rings (SSSR count). The maximum absolute atomic E-state index is 12.3. The lowest BCUT2D eigenvalue weighted by molar-refractivity contribution is 0.0940. The third-order valence-corrected chi connectivity index (χ3v) is 4.85. The normalized spacial score (nSPS) is 16.3. The van der Waals surface area contributed by atoms with Crippen molar-refractivity contribution in [3.05, 3.63) is 66.2 Å². The number of anilines is 1. The van der Waals surface area contributed by atoms with Gasteiger partial charge in [0.1, 0.15) is 5.75 Å². The molecule has 27 heavy (non-hydrogen) atoms. The van der Waals surface area contributed by atoms with E-state index in [2.05, 4.69) is 20.4 Å². The van der Waals surface area contributed by atoms with E-state index < -0.39 is 0 Å². The monoisotopic (exact) mass is 362 g/mol. The molecule has 0 spiro atoms. The first-order chi connectivity index (χ1) is 13.2. The summed E-state index contributed by atoms with van der Waals surface area (Å²) in [7, 11) is 1.66. The Labute approximate surface area is 158 Å². The van der Waals surface area contributed by atoms with Gasteiger partial charge in [0.05, 0.1) is 12.8 Å². The molecule has 0 unspecified atom stereocenters. The molecule has 6 nitrogen and oxygen atoms in total. The Kier molecular flexibility index (Phi) is 4.78. The minimum atomic E-state index is -0.0246. The number of nitrogens with zero attached hydrogens (tertiary/aromatic N) is 2. The van der Waals surface area contributed by atoms with Gasteiger partial charge in [-0.1, -0.05) is 18.2 Å². The van der Waals surface area contributed by atoms with Gasteiger partial charge in [-0.3, -0.25) is 9.89 Å². The number of ether oxygens (including phenoxy) is 1. The van der Waals surface area contributed by atoms with Crippen LogP contribution in [0.1, 0.15) is 16.8 Å². The molecule has 1 amide bonds. The van der Waals surface area contributed by atoms with Gasteiger partial charge < -0.3 is 15.0 Å². The standard InChI is InChI=1S/C21H22N4O2/c1-27-18-9-7-15(8-10-18)19-13-20(24-23-19)25-12-11-17(14-25)22-21(26)16-5-3-2-4-6-16/h2-10,13,17H,11-12,14H2,1H3,(H,22,26)(H,23,24)/t17-/m0/s1. The van der Waals surface area contributed by atoms with Gasteiger partial charge in [0.25, 0.3) is 5.91 Å². The van der Waals surface area contributed by atoms with Crippen molar-refractivity contribution >= 4 is 11.7 Å². The molecule has 1 aliphatic rings. The van der Waals surface area contributed by atoms with Crippen molar-refractivity contribution < 1.29 is 9.53 Å². The molecule has 0 saturated carbocycles. The first-order valence-electron chi connectivity index (χ1n) is 9.03. The van der Waals surface area contributed by atoms with Crippen LogP contribution in [0, 0.1) is 0 Å². The summed E-state index contributed by atoms with van der Waals surface area (Å²) in [5.41, 5.74) is 2.71. The highest BCUT2D eigenvalue weighted by Gasteiger charge is 2.26. The van der Waals surface area contributed by atoms with Crippen LogP contribution in [0.5, 0.6) is 5.75 Å². The van der Waals surface area contributed by atoms with E-state index in [0.717, 1.165) is 42.3 Å². The SMILES string of the molecule is COc1ccc(-c2cc(N3CC[C@H](NC(=O)c4ccccc4)C3)n[nH]2)cc1. The summed E-state index contributed by atoms with van der Waals surface area (Å²) in [6, 6.07) is 19.4. The number of hydrogen-bond donors (Lipinski definition) is 2. The maximum atomic E-state index is 12.3. The number of aromatic nitrogens is 2. The van der Waals surface area contributed by atoms with Gasteiger partial charge in [-0.15, -0.1) is 0 Å². The Bertz CT molecular complexity index is 905. The molecule has 138 valence electrons. The number of nitrogens with one attached hydrogen (secondary N) is 2. The van der Waals surface area contributed by atoms with Gasteiger partial charge in [0.2, 0.25) is 0 Å². The highest BCUT2D eigenvalue weighted by molar-refractivity contribution is 5.94. The van der Waals surface area contributed by atoms with E-state index in [4.69, 9.17) is 4.74 Å². The summed E-state index contributed by atoms with van der Waals surface area (Å²) in [5.74, 6) is 1.70. The van der Waals surface area contributed by atoms with Gasteiger partial charge in [0.15, 0.2) is 5.82 Å². The molecule has 2 aromatic carbocycles. The first-order valence-corrected chi connectivity index (χ1v) is 9.03. The van der Waals surface area contributed by atoms with E-state index in [1.807, 2.05) is 60.7 Å². The second kappa shape index (κ2) is 7.53. The summed E-state index contributed by atoms with van der Waals surface area (Å²) in [6.07, 6.45) is 0.906. The molecule has 2 heterocycles. The zero-order valence-electron chi connectivity index (χ0n) is 15.2. The molecule has 1 atom stereocenters. The summed E-state index contributed by atoms with van der Waals surface area (Å²) in [6.45, 7) is 1.62. The Balaban J connectivity index is 1.39. The molecule has 3 aromatic rings. The fourth-order valence-electron chi connectivity index (χ4n) is 3.34. The minimum absolute atomic E-state index is 0.0246. The second-order valence-corrected chi connectivity index (χ2v) is 6.64. The molecule has 6 heteroatoms. The Morgan fingerprint density at radius 2 is 1.96 bits per heavy atom. The van der Waals surface area contributed by atoms with Crippen LogP contribution < -0.4 is 15.0 Å². The third-order valence-electron chi connectivity index (χ3n) is 4.85. The lowest BCUT2D eigenvalue weighted by Crippen LogP contribution is -2.37. The van der Waals surface area contributed by atoms with Crippen LogP contribution in [-0.2, 0) is 0 Å². The quantitative estimate of drug-likeness (QED) is 0.732. The number of rotatable bonds is 5. The molecule has 1 fully saturated rings. The molecule has 2 N–H and O–H groups in total. The fraction of sp³-hybridized carbons (Fsp3) is 0.238. The average molecular weight is 362 g/mol.